The molecule has 1 saturated carbocycles. The van der Waals surface area contributed by atoms with Gasteiger partial charge in [0.15, 0.2) is 0 Å². The summed E-state index contributed by atoms with van der Waals surface area (Å²) in [4.78, 5) is 35.8. The molecule has 2 aliphatic rings. The molecule has 8 heteroatoms. The second-order valence-corrected chi connectivity index (χ2v) is 9.02. The van der Waals surface area contributed by atoms with Crippen LogP contribution in [0.2, 0.25) is 0 Å². The lowest BCUT2D eigenvalue weighted by Gasteiger charge is -2.17. The van der Waals surface area contributed by atoms with Gasteiger partial charge in [-0.1, -0.05) is 48.5 Å². The zero-order chi connectivity index (χ0) is 24.1. The highest BCUT2D eigenvalue weighted by atomic mass is 16.5. The Morgan fingerprint density at radius 1 is 1.00 bits per heavy atom. The Kier molecular flexibility index (Phi) is 7.47. The first kappa shape index (κ1) is 23.8. The molecule has 180 valence electrons. The van der Waals surface area contributed by atoms with Crippen molar-refractivity contribution in [1.82, 2.24) is 10.6 Å². The van der Waals surface area contributed by atoms with E-state index in [9.17, 15) is 14.4 Å². The van der Waals surface area contributed by atoms with Gasteiger partial charge in [-0.25, -0.2) is 9.59 Å². The van der Waals surface area contributed by atoms with Gasteiger partial charge in [-0.2, -0.15) is 0 Å². The van der Waals surface area contributed by atoms with Gasteiger partial charge in [0.2, 0.25) is 5.91 Å². The number of carboxylic acid groups (broad SMARTS) is 1. The molecule has 0 unspecified atom stereocenters. The predicted octanol–water partition coefficient (Wildman–Crippen LogP) is 3.04. The van der Waals surface area contributed by atoms with E-state index in [1.807, 2.05) is 24.3 Å². The fourth-order valence-electron chi connectivity index (χ4n) is 5.10. The number of carbonyl (C=O) groups excluding carboxylic acids is 2. The van der Waals surface area contributed by atoms with Crippen molar-refractivity contribution in [3.63, 3.8) is 0 Å². The molecule has 3 atom stereocenters. The molecule has 0 bridgehead atoms. The van der Waals surface area contributed by atoms with Crippen LogP contribution >= 0.6 is 0 Å². The third-order valence-electron chi connectivity index (χ3n) is 6.73. The Morgan fingerprint density at radius 3 is 2.26 bits per heavy atom. The van der Waals surface area contributed by atoms with Gasteiger partial charge >= 0.3 is 12.1 Å². The number of ether oxygens (including phenoxy) is 1. The number of aliphatic carboxylic acids is 1. The van der Waals surface area contributed by atoms with Crippen LogP contribution in [-0.4, -0.2) is 53.5 Å². The summed E-state index contributed by atoms with van der Waals surface area (Å²) in [7, 11) is 0. The summed E-state index contributed by atoms with van der Waals surface area (Å²) in [5.74, 6) is -1.46. The molecule has 1 fully saturated rings. The van der Waals surface area contributed by atoms with Gasteiger partial charge in [0.1, 0.15) is 12.6 Å². The minimum absolute atomic E-state index is 0.000672. The fourth-order valence-corrected chi connectivity index (χ4v) is 5.10. The third-order valence-corrected chi connectivity index (χ3v) is 6.73. The van der Waals surface area contributed by atoms with Crippen LogP contribution < -0.4 is 10.6 Å². The first-order valence-corrected chi connectivity index (χ1v) is 11.7. The number of hydrogen-bond donors (Lipinski definition) is 4. The number of alkyl carbamates (subject to hydrolysis) is 1. The van der Waals surface area contributed by atoms with Gasteiger partial charge in [0.05, 0.1) is 0 Å². The molecule has 8 nitrogen and oxygen atoms in total. The standard InChI is InChI=1S/C26H30N2O6/c29-12-11-23(25(31)32)28-24(30)14-16-9-10-17(13-16)27-26(33)34-15-22-20-7-3-1-5-18(20)19-6-2-4-8-21(19)22/h1-8,16-17,22-23,29H,9-15H2,(H,27,33)(H,28,30)(H,31,32)/t16-,17+,23-/m1/s1. The van der Waals surface area contributed by atoms with Crippen LogP contribution in [0.1, 0.15) is 49.1 Å². The molecular weight excluding hydrogens is 436 g/mol. The van der Waals surface area contributed by atoms with Gasteiger partial charge in [-0.15, -0.1) is 0 Å². The fraction of sp³-hybridized carbons (Fsp3) is 0.423. The lowest BCUT2D eigenvalue weighted by atomic mass is 9.98. The molecule has 0 aromatic heterocycles. The summed E-state index contributed by atoms with van der Waals surface area (Å²) in [5.41, 5.74) is 4.66. The van der Waals surface area contributed by atoms with E-state index >= 15 is 0 Å². The number of nitrogens with one attached hydrogen (secondary N) is 2. The predicted molar refractivity (Wildman–Crippen MR) is 125 cm³/mol. The van der Waals surface area contributed by atoms with E-state index in [0.717, 1.165) is 24.0 Å². The number of carbonyl (C=O) groups is 3. The van der Waals surface area contributed by atoms with Crippen LogP contribution in [-0.2, 0) is 14.3 Å². The molecule has 0 radical (unpaired) electrons. The SMILES string of the molecule is O=C(C[C@@H]1CC[C@H](NC(=O)OCC2c3ccccc3-c3ccccc32)C1)N[C@H](CCO)C(=O)O. The van der Waals surface area contributed by atoms with Gasteiger partial charge in [-0.3, -0.25) is 4.79 Å². The number of carboxylic acids is 1. The van der Waals surface area contributed by atoms with Crippen LogP contribution in [0.25, 0.3) is 11.1 Å². The van der Waals surface area contributed by atoms with E-state index < -0.39 is 18.1 Å². The molecule has 4 rings (SSSR count). The summed E-state index contributed by atoms with van der Waals surface area (Å²) in [5, 5.41) is 23.4. The van der Waals surface area contributed by atoms with E-state index in [2.05, 4.69) is 34.9 Å². The van der Waals surface area contributed by atoms with Gasteiger partial charge in [-0.05, 0) is 47.4 Å². The topological polar surface area (TPSA) is 125 Å². The molecule has 34 heavy (non-hydrogen) atoms. The zero-order valence-corrected chi connectivity index (χ0v) is 18.9. The highest BCUT2D eigenvalue weighted by Gasteiger charge is 2.31. The lowest BCUT2D eigenvalue weighted by Crippen LogP contribution is -2.42. The van der Waals surface area contributed by atoms with E-state index in [-0.39, 0.29) is 49.8 Å². The van der Waals surface area contributed by atoms with Crippen molar-refractivity contribution in [1.29, 1.82) is 0 Å². The highest BCUT2D eigenvalue weighted by Crippen LogP contribution is 2.44. The normalized spacial score (nSPS) is 19.7. The molecule has 0 heterocycles. The first-order chi connectivity index (χ1) is 16.5. The van der Waals surface area contributed by atoms with Gasteiger partial charge in [0.25, 0.3) is 0 Å². The van der Waals surface area contributed by atoms with Crippen LogP contribution in [0.4, 0.5) is 4.79 Å². The van der Waals surface area contributed by atoms with Crippen molar-refractivity contribution >= 4 is 18.0 Å². The summed E-state index contributed by atoms with van der Waals surface area (Å²) in [6, 6.07) is 15.2. The summed E-state index contributed by atoms with van der Waals surface area (Å²) in [6.07, 6.45) is 1.83. The molecular formula is C26H30N2O6. The Labute approximate surface area is 198 Å². The molecule has 2 amide bonds. The number of aliphatic hydroxyl groups excluding tert-OH is 1. The summed E-state index contributed by atoms with van der Waals surface area (Å²) in [6.45, 7) is -0.0628. The number of aliphatic hydroxyl groups is 1. The lowest BCUT2D eigenvalue weighted by molar-refractivity contribution is -0.142. The monoisotopic (exact) mass is 466 g/mol. The largest absolute Gasteiger partial charge is 0.480 e. The molecule has 2 aromatic rings. The Balaban J connectivity index is 1.25. The van der Waals surface area contributed by atoms with Crippen LogP contribution in [0.5, 0.6) is 0 Å². The number of benzene rings is 2. The molecule has 0 spiro atoms. The van der Waals surface area contributed by atoms with Gasteiger partial charge < -0.3 is 25.6 Å². The van der Waals surface area contributed by atoms with Crippen molar-refractivity contribution in [3.8, 4) is 11.1 Å². The first-order valence-electron chi connectivity index (χ1n) is 11.7. The molecule has 4 N–H and O–H groups in total. The van der Waals surface area contributed by atoms with Crippen molar-refractivity contribution < 1.29 is 29.3 Å². The van der Waals surface area contributed by atoms with Crippen LogP contribution in [0, 0.1) is 5.92 Å². The number of rotatable bonds is 9. The van der Waals surface area contributed by atoms with E-state index in [1.54, 1.807) is 0 Å². The number of fused-ring (bicyclic) bond motifs is 3. The average Bonchev–Trinajstić information content (AvgIpc) is 3.39. The Bertz CT molecular complexity index is 1010. The van der Waals surface area contributed by atoms with E-state index in [4.69, 9.17) is 14.9 Å². The van der Waals surface area contributed by atoms with Crippen molar-refractivity contribution in [2.24, 2.45) is 5.92 Å². The van der Waals surface area contributed by atoms with Crippen molar-refractivity contribution in [2.45, 2.75) is 50.1 Å². The quantitative estimate of drug-likeness (QED) is 0.450. The second kappa shape index (κ2) is 10.7. The van der Waals surface area contributed by atoms with E-state index in [1.165, 1.54) is 11.1 Å². The summed E-state index contributed by atoms with van der Waals surface area (Å²) < 4.78 is 5.61. The summed E-state index contributed by atoms with van der Waals surface area (Å²) >= 11 is 0. The maximum atomic E-state index is 12.5. The minimum Gasteiger partial charge on any atom is -0.480 e. The maximum absolute atomic E-state index is 12.5. The molecule has 0 saturated heterocycles. The van der Waals surface area contributed by atoms with Crippen molar-refractivity contribution in [2.75, 3.05) is 13.2 Å². The second-order valence-electron chi connectivity index (χ2n) is 9.02. The minimum atomic E-state index is -1.16. The Morgan fingerprint density at radius 2 is 1.65 bits per heavy atom. The molecule has 2 aliphatic carbocycles. The van der Waals surface area contributed by atoms with Crippen LogP contribution in [0.15, 0.2) is 48.5 Å². The third kappa shape index (κ3) is 5.39. The van der Waals surface area contributed by atoms with Crippen molar-refractivity contribution in [3.05, 3.63) is 59.7 Å². The van der Waals surface area contributed by atoms with Crippen LogP contribution in [0.3, 0.4) is 0 Å². The number of hydrogen-bond acceptors (Lipinski definition) is 5. The average molecular weight is 467 g/mol. The highest BCUT2D eigenvalue weighted by molar-refractivity contribution is 5.83. The smallest absolute Gasteiger partial charge is 0.407 e. The molecule has 2 aromatic carbocycles. The number of amides is 2. The zero-order valence-electron chi connectivity index (χ0n) is 18.9. The van der Waals surface area contributed by atoms with Gasteiger partial charge in [0, 0.05) is 31.4 Å². The van der Waals surface area contributed by atoms with E-state index in [0.29, 0.717) is 6.42 Å². The Hall–Kier alpha value is -3.39. The molecule has 0 aliphatic heterocycles. The maximum Gasteiger partial charge on any atom is 0.407 e.